The van der Waals surface area contributed by atoms with E-state index >= 15 is 0 Å². The van der Waals surface area contributed by atoms with Crippen molar-refractivity contribution in [2.45, 2.75) is 33.3 Å². The van der Waals surface area contributed by atoms with Gasteiger partial charge in [0, 0.05) is 25.4 Å². The molecule has 2 rings (SSSR count). The lowest BCUT2D eigenvalue weighted by molar-refractivity contribution is -0.114. The van der Waals surface area contributed by atoms with Gasteiger partial charge in [0.2, 0.25) is 5.91 Å². The van der Waals surface area contributed by atoms with E-state index in [4.69, 9.17) is 9.15 Å². The van der Waals surface area contributed by atoms with Crippen LogP contribution < -0.4 is 16.0 Å². The summed E-state index contributed by atoms with van der Waals surface area (Å²) < 4.78 is 10.8. The van der Waals surface area contributed by atoms with Crippen LogP contribution in [0.4, 0.5) is 5.69 Å². The summed E-state index contributed by atoms with van der Waals surface area (Å²) in [6.07, 6.45) is 3.39. The number of aliphatic imine (C=N–C) groups is 1. The van der Waals surface area contributed by atoms with Crippen LogP contribution in [0.15, 0.2) is 52.1 Å². The second-order valence-electron chi connectivity index (χ2n) is 6.21. The molecule has 0 saturated carbocycles. The standard InChI is InChI=1S/C21H30N4O3.HI/c1-3-17-8-5-9-18(14-17)25-20(26)15-24-21(22-4-2)23-11-7-12-27-16-19-10-6-13-28-19;/h5-6,8-10,13-14H,3-4,7,11-12,15-16H2,1-2H3,(H,25,26)(H2,22,23,24);1H. The Morgan fingerprint density at radius 3 is 2.76 bits per heavy atom. The van der Waals surface area contributed by atoms with E-state index in [-0.39, 0.29) is 36.4 Å². The molecule has 0 fully saturated rings. The van der Waals surface area contributed by atoms with E-state index in [2.05, 4.69) is 27.9 Å². The number of hydrogen-bond acceptors (Lipinski definition) is 4. The Morgan fingerprint density at radius 2 is 2.03 bits per heavy atom. The summed E-state index contributed by atoms with van der Waals surface area (Å²) in [4.78, 5) is 16.5. The first-order valence-electron chi connectivity index (χ1n) is 9.72. The fraction of sp³-hybridized carbons (Fsp3) is 0.429. The number of anilines is 1. The van der Waals surface area contributed by atoms with E-state index in [0.717, 1.165) is 30.8 Å². The molecule has 7 nitrogen and oxygen atoms in total. The number of carbonyl (C=O) groups is 1. The lowest BCUT2D eigenvalue weighted by atomic mass is 10.1. The average Bonchev–Trinajstić information content (AvgIpc) is 3.22. The molecule has 0 radical (unpaired) electrons. The Hall–Kier alpha value is -2.07. The summed E-state index contributed by atoms with van der Waals surface area (Å²) in [5.74, 6) is 1.29. The molecule has 0 saturated heterocycles. The van der Waals surface area contributed by atoms with Crippen molar-refractivity contribution in [3.05, 3.63) is 54.0 Å². The second kappa shape index (κ2) is 14.9. The Kier molecular flexibility index (Phi) is 12.8. The lowest BCUT2D eigenvalue weighted by Gasteiger charge is -2.11. The molecule has 0 bridgehead atoms. The number of guanidine groups is 1. The first-order valence-corrected chi connectivity index (χ1v) is 9.72. The summed E-state index contributed by atoms with van der Waals surface area (Å²) in [7, 11) is 0. The van der Waals surface area contributed by atoms with Crippen molar-refractivity contribution in [3.8, 4) is 0 Å². The zero-order valence-electron chi connectivity index (χ0n) is 17.1. The summed E-state index contributed by atoms with van der Waals surface area (Å²) in [5.41, 5.74) is 1.98. The van der Waals surface area contributed by atoms with Gasteiger partial charge in [0.15, 0.2) is 5.96 Å². The van der Waals surface area contributed by atoms with Gasteiger partial charge < -0.3 is 25.1 Å². The number of amides is 1. The predicted molar refractivity (Wildman–Crippen MR) is 127 cm³/mol. The van der Waals surface area contributed by atoms with Crippen molar-refractivity contribution in [2.24, 2.45) is 4.99 Å². The van der Waals surface area contributed by atoms with Gasteiger partial charge in [-0.3, -0.25) is 4.79 Å². The molecule has 29 heavy (non-hydrogen) atoms. The van der Waals surface area contributed by atoms with Crippen molar-refractivity contribution < 1.29 is 13.9 Å². The molecule has 1 aromatic carbocycles. The molecule has 0 aliphatic carbocycles. The molecule has 2 aromatic rings. The quantitative estimate of drug-likeness (QED) is 0.185. The summed E-state index contributed by atoms with van der Waals surface area (Å²) in [6.45, 7) is 6.63. The van der Waals surface area contributed by atoms with Crippen LogP contribution in [-0.2, 0) is 22.6 Å². The van der Waals surface area contributed by atoms with Gasteiger partial charge in [0.05, 0.1) is 6.26 Å². The average molecular weight is 514 g/mol. The zero-order chi connectivity index (χ0) is 20.0. The van der Waals surface area contributed by atoms with Crippen LogP contribution in [0, 0.1) is 0 Å². The van der Waals surface area contributed by atoms with E-state index in [0.29, 0.717) is 25.7 Å². The van der Waals surface area contributed by atoms with Gasteiger partial charge in [-0.1, -0.05) is 19.1 Å². The molecule has 0 unspecified atom stereocenters. The van der Waals surface area contributed by atoms with Crippen molar-refractivity contribution in [1.29, 1.82) is 0 Å². The van der Waals surface area contributed by atoms with Crippen molar-refractivity contribution in [1.82, 2.24) is 10.6 Å². The number of rotatable bonds is 11. The summed E-state index contributed by atoms with van der Waals surface area (Å²) in [6, 6.07) is 11.6. The van der Waals surface area contributed by atoms with Crippen molar-refractivity contribution in [2.75, 3.05) is 31.6 Å². The number of furan rings is 1. The highest BCUT2D eigenvalue weighted by Crippen LogP contribution is 2.10. The predicted octanol–water partition coefficient (Wildman–Crippen LogP) is 3.56. The van der Waals surface area contributed by atoms with Gasteiger partial charge in [0.25, 0.3) is 0 Å². The smallest absolute Gasteiger partial charge is 0.246 e. The molecular formula is C21H31IN4O3. The van der Waals surface area contributed by atoms with Crippen LogP contribution >= 0.6 is 24.0 Å². The first-order chi connectivity index (χ1) is 13.7. The van der Waals surface area contributed by atoms with Crippen LogP contribution in [-0.4, -0.2) is 38.1 Å². The van der Waals surface area contributed by atoms with Gasteiger partial charge in [-0.15, -0.1) is 24.0 Å². The SMILES string of the molecule is CCNC(=NCC(=O)Nc1cccc(CC)c1)NCCCOCc1ccco1.I. The van der Waals surface area contributed by atoms with Crippen LogP contribution in [0.2, 0.25) is 0 Å². The molecule has 0 atom stereocenters. The normalized spacial score (nSPS) is 10.9. The van der Waals surface area contributed by atoms with Crippen LogP contribution in [0.5, 0.6) is 0 Å². The summed E-state index contributed by atoms with van der Waals surface area (Å²) in [5, 5.41) is 9.22. The highest BCUT2D eigenvalue weighted by Gasteiger charge is 2.04. The lowest BCUT2D eigenvalue weighted by Crippen LogP contribution is -2.38. The summed E-state index contributed by atoms with van der Waals surface area (Å²) >= 11 is 0. The molecule has 160 valence electrons. The van der Waals surface area contributed by atoms with E-state index in [1.807, 2.05) is 43.3 Å². The fourth-order valence-electron chi connectivity index (χ4n) is 2.51. The van der Waals surface area contributed by atoms with Crippen LogP contribution in [0.1, 0.15) is 31.6 Å². The zero-order valence-corrected chi connectivity index (χ0v) is 19.4. The van der Waals surface area contributed by atoms with Crippen molar-refractivity contribution >= 4 is 41.5 Å². The number of ether oxygens (including phenoxy) is 1. The minimum atomic E-state index is -0.146. The number of hydrogen-bond donors (Lipinski definition) is 3. The monoisotopic (exact) mass is 514 g/mol. The van der Waals surface area contributed by atoms with E-state index < -0.39 is 0 Å². The molecule has 1 heterocycles. The van der Waals surface area contributed by atoms with E-state index in [1.165, 1.54) is 5.56 Å². The Morgan fingerprint density at radius 1 is 1.17 bits per heavy atom. The van der Waals surface area contributed by atoms with Crippen LogP contribution in [0.25, 0.3) is 0 Å². The number of benzene rings is 1. The Bertz CT molecular complexity index is 735. The highest BCUT2D eigenvalue weighted by molar-refractivity contribution is 14.0. The number of carbonyl (C=O) groups excluding carboxylic acids is 1. The molecule has 3 N–H and O–H groups in total. The maximum atomic E-state index is 12.1. The molecule has 0 spiro atoms. The third-order valence-corrected chi connectivity index (χ3v) is 3.93. The van der Waals surface area contributed by atoms with Gasteiger partial charge in [-0.25, -0.2) is 4.99 Å². The second-order valence-corrected chi connectivity index (χ2v) is 6.21. The Balaban J connectivity index is 0.00000420. The molecule has 1 amide bonds. The minimum Gasteiger partial charge on any atom is -0.467 e. The molecule has 0 aliphatic heterocycles. The van der Waals surface area contributed by atoms with Gasteiger partial charge in [0.1, 0.15) is 18.9 Å². The molecule has 1 aromatic heterocycles. The maximum absolute atomic E-state index is 12.1. The highest BCUT2D eigenvalue weighted by atomic mass is 127. The van der Waals surface area contributed by atoms with Gasteiger partial charge >= 0.3 is 0 Å². The van der Waals surface area contributed by atoms with Crippen molar-refractivity contribution in [3.63, 3.8) is 0 Å². The third-order valence-electron chi connectivity index (χ3n) is 3.93. The molecular weight excluding hydrogens is 483 g/mol. The molecule has 0 aliphatic rings. The van der Waals surface area contributed by atoms with Gasteiger partial charge in [-0.05, 0) is 49.6 Å². The molecule has 8 heteroatoms. The number of nitrogens with one attached hydrogen (secondary N) is 3. The largest absolute Gasteiger partial charge is 0.467 e. The number of halogens is 1. The fourth-order valence-corrected chi connectivity index (χ4v) is 2.51. The topological polar surface area (TPSA) is 87.9 Å². The maximum Gasteiger partial charge on any atom is 0.246 e. The van der Waals surface area contributed by atoms with E-state index in [9.17, 15) is 4.79 Å². The van der Waals surface area contributed by atoms with Gasteiger partial charge in [-0.2, -0.15) is 0 Å². The first kappa shape index (κ1) is 25.0. The number of aryl methyl sites for hydroxylation is 1. The minimum absolute atomic E-state index is 0. The number of nitrogens with zero attached hydrogens (tertiary/aromatic N) is 1. The third kappa shape index (κ3) is 10.3. The van der Waals surface area contributed by atoms with E-state index in [1.54, 1.807) is 6.26 Å². The van der Waals surface area contributed by atoms with Crippen LogP contribution in [0.3, 0.4) is 0 Å². The Labute approximate surface area is 189 Å².